The quantitative estimate of drug-likeness (QED) is 0.750. The molecule has 0 unspecified atom stereocenters. The van der Waals surface area contributed by atoms with Gasteiger partial charge < -0.3 is 16.4 Å². The highest BCUT2D eigenvalue weighted by Crippen LogP contribution is 2.18. The smallest absolute Gasteiger partial charge is 0.312 e. The molecule has 2 atom stereocenters. The van der Waals surface area contributed by atoms with E-state index in [0.717, 1.165) is 12.8 Å². The molecule has 24 heavy (non-hydrogen) atoms. The van der Waals surface area contributed by atoms with Gasteiger partial charge in [0.1, 0.15) is 17.7 Å². The third-order valence-corrected chi connectivity index (χ3v) is 4.05. The van der Waals surface area contributed by atoms with Crippen LogP contribution in [0.15, 0.2) is 18.2 Å². The number of nitrogens with zero attached hydrogens (tertiary/aromatic N) is 1. The summed E-state index contributed by atoms with van der Waals surface area (Å²) in [5, 5.41) is 5.14. The van der Waals surface area contributed by atoms with E-state index in [1.807, 2.05) is 4.90 Å². The maximum atomic E-state index is 13.8. The van der Waals surface area contributed by atoms with Gasteiger partial charge in [-0.1, -0.05) is 6.07 Å². The summed E-state index contributed by atoms with van der Waals surface area (Å²) in [7, 11) is 0. The number of rotatable bonds is 5. The van der Waals surface area contributed by atoms with Gasteiger partial charge in [0.15, 0.2) is 0 Å². The lowest BCUT2D eigenvalue weighted by Gasteiger charge is -2.33. The van der Waals surface area contributed by atoms with Gasteiger partial charge in [-0.25, -0.2) is 13.6 Å². The minimum Gasteiger partial charge on any atom is -0.352 e. The van der Waals surface area contributed by atoms with Crippen molar-refractivity contribution in [2.75, 3.05) is 13.1 Å². The molecule has 1 aromatic carbocycles. The molecule has 1 aliphatic heterocycles. The zero-order valence-electron chi connectivity index (χ0n) is 13.5. The SMILES string of the molecule is C[C@H](NC(N)=O)C(=O)N[C@H]1CCCN(Cc2c(F)cccc2F)C1. The van der Waals surface area contributed by atoms with E-state index in [-0.39, 0.29) is 24.1 Å². The number of hydrogen-bond acceptors (Lipinski definition) is 3. The minimum atomic E-state index is -0.766. The first-order chi connectivity index (χ1) is 11.4. The highest BCUT2D eigenvalue weighted by Gasteiger charge is 2.25. The lowest BCUT2D eigenvalue weighted by Crippen LogP contribution is -2.53. The van der Waals surface area contributed by atoms with E-state index in [1.54, 1.807) is 0 Å². The van der Waals surface area contributed by atoms with Crippen LogP contribution in [0, 0.1) is 11.6 Å². The van der Waals surface area contributed by atoms with Crippen LogP contribution >= 0.6 is 0 Å². The molecule has 0 aromatic heterocycles. The second kappa shape index (κ2) is 8.05. The summed E-state index contributed by atoms with van der Waals surface area (Å²) in [4.78, 5) is 24.7. The van der Waals surface area contributed by atoms with Crippen molar-refractivity contribution in [2.24, 2.45) is 5.73 Å². The van der Waals surface area contributed by atoms with Crippen LogP contribution in [0.25, 0.3) is 0 Å². The summed E-state index contributed by atoms with van der Waals surface area (Å²) in [6.07, 6.45) is 1.57. The summed E-state index contributed by atoms with van der Waals surface area (Å²) in [6, 6.07) is 2.16. The number of nitrogens with one attached hydrogen (secondary N) is 2. The Bertz CT molecular complexity index is 591. The Morgan fingerprint density at radius 1 is 1.38 bits per heavy atom. The third-order valence-electron chi connectivity index (χ3n) is 4.05. The molecule has 0 aliphatic carbocycles. The molecular formula is C16H22F2N4O2. The van der Waals surface area contributed by atoms with Crippen LogP contribution in [0.3, 0.4) is 0 Å². The Morgan fingerprint density at radius 3 is 2.67 bits per heavy atom. The second-order valence-electron chi connectivity index (χ2n) is 6.01. The molecule has 0 radical (unpaired) electrons. The van der Waals surface area contributed by atoms with Gasteiger partial charge in [0, 0.05) is 24.7 Å². The van der Waals surface area contributed by atoms with Crippen molar-refractivity contribution >= 4 is 11.9 Å². The van der Waals surface area contributed by atoms with E-state index < -0.39 is 23.7 Å². The molecule has 1 heterocycles. The molecule has 0 saturated carbocycles. The first-order valence-corrected chi connectivity index (χ1v) is 7.88. The number of hydrogen-bond donors (Lipinski definition) is 3. The van der Waals surface area contributed by atoms with E-state index in [2.05, 4.69) is 10.6 Å². The molecule has 132 valence electrons. The van der Waals surface area contributed by atoms with Crippen molar-refractivity contribution in [3.05, 3.63) is 35.4 Å². The van der Waals surface area contributed by atoms with Gasteiger partial charge >= 0.3 is 6.03 Å². The number of halogens is 2. The predicted molar refractivity (Wildman–Crippen MR) is 85.0 cm³/mol. The van der Waals surface area contributed by atoms with Gasteiger partial charge in [-0.15, -0.1) is 0 Å². The van der Waals surface area contributed by atoms with Crippen LogP contribution in [0.5, 0.6) is 0 Å². The molecule has 6 nitrogen and oxygen atoms in total. The number of carbonyl (C=O) groups excluding carboxylic acids is 2. The van der Waals surface area contributed by atoms with Gasteiger partial charge in [0.25, 0.3) is 0 Å². The molecule has 0 spiro atoms. The van der Waals surface area contributed by atoms with Crippen molar-refractivity contribution in [3.8, 4) is 0 Å². The fourth-order valence-electron chi connectivity index (χ4n) is 2.83. The van der Waals surface area contributed by atoms with E-state index in [9.17, 15) is 18.4 Å². The Balaban J connectivity index is 1.92. The number of urea groups is 1. The average molecular weight is 340 g/mol. The molecule has 1 aromatic rings. The minimum absolute atomic E-state index is 0.0354. The van der Waals surface area contributed by atoms with Gasteiger partial charge in [-0.05, 0) is 38.4 Å². The van der Waals surface area contributed by atoms with Gasteiger partial charge in [-0.3, -0.25) is 9.69 Å². The van der Waals surface area contributed by atoms with E-state index in [4.69, 9.17) is 5.73 Å². The van der Waals surface area contributed by atoms with Crippen molar-refractivity contribution in [3.63, 3.8) is 0 Å². The van der Waals surface area contributed by atoms with Crippen molar-refractivity contribution in [2.45, 2.75) is 38.4 Å². The summed E-state index contributed by atoms with van der Waals surface area (Å²) in [6.45, 7) is 2.88. The van der Waals surface area contributed by atoms with Gasteiger partial charge in [-0.2, -0.15) is 0 Å². The van der Waals surface area contributed by atoms with Crippen molar-refractivity contribution < 1.29 is 18.4 Å². The number of nitrogens with two attached hydrogens (primary N) is 1. The predicted octanol–water partition coefficient (Wildman–Crippen LogP) is 1.10. The maximum Gasteiger partial charge on any atom is 0.312 e. The zero-order valence-corrected chi connectivity index (χ0v) is 13.5. The average Bonchev–Trinajstić information content (AvgIpc) is 2.51. The third kappa shape index (κ3) is 4.89. The topological polar surface area (TPSA) is 87.5 Å². The molecule has 0 bridgehead atoms. The number of carbonyl (C=O) groups is 2. The monoisotopic (exact) mass is 340 g/mol. The Kier molecular flexibility index (Phi) is 6.08. The van der Waals surface area contributed by atoms with E-state index >= 15 is 0 Å². The van der Waals surface area contributed by atoms with Crippen LogP contribution in [0.4, 0.5) is 13.6 Å². The number of primary amides is 1. The highest BCUT2D eigenvalue weighted by atomic mass is 19.1. The number of piperidine rings is 1. The van der Waals surface area contributed by atoms with E-state index in [0.29, 0.717) is 13.1 Å². The van der Waals surface area contributed by atoms with Crippen LogP contribution in [-0.4, -0.2) is 42.0 Å². The Labute approximate surface area is 139 Å². The molecule has 1 fully saturated rings. The fourth-order valence-corrected chi connectivity index (χ4v) is 2.83. The normalized spacial score (nSPS) is 19.5. The van der Waals surface area contributed by atoms with Crippen molar-refractivity contribution in [1.82, 2.24) is 15.5 Å². The van der Waals surface area contributed by atoms with Gasteiger partial charge in [0.2, 0.25) is 5.91 Å². The summed E-state index contributed by atoms with van der Waals surface area (Å²) in [5.74, 6) is -1.47. The van der Waals surface area contributed by atoms with Crippen LogP contribution in [0.1, 0.15) is 25.3 Å². The largest absolute Gasteiger partial charge is 0.352 e. The summed E-state index contributed by atoms with van der Waals surface area (Å²) in [5.41, 5.74) is 5.03. The second-order valence-corrected chi connectivity index (χ2v) is 6.01. The lowest BCUT2D eigenvalue weighted by molar-refractivity contribution is -0.123. The van der Waals surface area contributed by atoms with Crippen LogP contribution < -0.4 is 16.4 Å². The molecule has 3 amide bonds. The number of amides is 3. The fraction of sp³-hybridized carbons (Fsp3) is 0.500. The standard InChI is InChI=1S/C16H22F2N4O2/c1-10(20-16(19)24)15(23)21-11-4-3-7-22(8-11)9-12-13(17)5-2-6-14(12)18/h2,5-6,10-11H,3-4,7-9H2,1H3,(H,21,23)(H3,19,20,24)/t10-,11-/m0/s1. The molecule has 1 aliphatic rings. The van der Waals surface area contributed by atoms with E-state index in [1.165, 1.54) is 25.1 Å². The highest BCUT2D eigenvalue weighted by molar-refractivity contribution is 5.86. The first-order valence-electron chi connectivity index (χ1n) is 7.88. The van der Waals surface area contributed by atoms with Crippen LogP contribution in [-0.2, 0) is 11.3 Å². The lowest BCUT2D eigenvalue weighted by atomic mass is 10.0. The maximum absolute atomic E-state index is 13.8. The first kappa shape index (κ1) is 18.1. The van der Waals surface area contributed by atoms with Gasteiger partial charge in [0.05, 0.1) is 0 Å². The summed E-state index contributed by atoms with van der Waals surface area (Å²) < 4.78 is 27.5. The number of likely N-dealkylation sites (tertiary alicyclic amines) is 1. The number of benzene rings is 1. The molecule has 1 saturated heterocycles. The van der Waals surface area contributed by atoms with Crippen LogP contribution in [0.2, 0.25) is 0 Å². The molecule has 8 heteroatoms. The Hall–Kier alpha value is -2.22. The van der Waals surface area contributed by atoms with Crippen molar-refractivity contribution in [1.29, 1.82) is 0 Å². The molecule has 2 rings (SSSR count). The summed E-state index contributed by atoms with van der Waals surface area (Å²) >= 11 is 0. The molecule has 4 N–H and O–H groups in total. The molecular weight excluding hydrogens is 318 g/mol. The Morgan fingerprint density at radius 2 is 2.04 bits per heavy atom. The zero-order chi connectivity index (χ0) is 17.7.